The van der Waals surface area contributed by atoms with Crippen LogP contribution in [0.4, 0.5) is 0 Å². The number of unbranched alkanes of at least 4 members (excludes halogenated alkanes) is 18. The molecule has 2 aliphatic heterocycles. The molecular weight excluding hydrogens is 620 g/mol. The van der Waals surface area contributed by atoms with Crippen LogP contribution in [-0.4, -0.2) is 46.5 Å². The lowest BCUT2D eigenvalue weighted by Crippen LogP contribution is -2.35. The first-order valence-electron chi connectivity index (χ1n) is 21.5. The summed E-state index contributed by atoms with van der Waals surface area (Å²) in [5.41, 5.74) is 0. The zero-order chi connectivity index (χ0) is 35.8. The second kappa shape index (κ2) is 25.7. The zero-order valence-corrected chi connectivity index (χ0v) is 32.4. The van der Waals surface area contributed by atoms with Gasteiger partial charge in [0.1, 0.15) is 0 Å². The number of hydrogen-bond donors (Lipinski definition) is 0. The largest absolute Gasteiger partial charge is 0.275 e. The summed E-state index contributed by atoms with van der Waals surface area (Å²) in [6.45, 7) is 5.76. The zero-order valence-electron chi connectivity index (χ0n) is 32.4. The van der Waals surface area contributed by atoms with Crippen molar-refractivity contribution in [3.8, 4) is 0 Å². The standard InChI is InChI=1S/C44H74N2O4/c1-3-5-7-9-14-19-25-37-29-30-38(26-20-15-10-12-17-23-35-45-41(47)31-32-42(45)48)40(39(37)27-21-8-6-4-2)28-22-16-11-13-18-24-36-46-43(49)33-34-44(46)50/h31-34,37-40H,3-30,35-36H2,1-2H3. The Morgan fingerprint density at radius 1 is 0.400 bits per heavy atom. The van der Waals surface area contributed by atoms with E-state index in [1.165, 1.54) is 188 Å². The van der Waals surface area contributed by atoms with Gasteiger partial charge in [0.15, 0.2) is 0 Å². The van der Waals surface area contributed by atoms with E-state index >= 15 is 0 Å². The predicted molar refractivity (Wildman–Crippen MR) is 206 cm³/mol. The molecule has 1 aliphatic carbocycles. The third-order valence-corrected chi connectivity index (χ3v) is 12.2. The van der Waals surface area contributed by atoms with Crippen LogP contribution in [0.3, 0.4) is 0 Å². The summed E-state index contributed by atoms with van der Waals surface area (Å²) >= 11 is 0. The van der Waals surface area contributed by atoms with Gasteiger partial charge in [0, 0.05) is 37.4 Å². The number of carbonyl (C=O) groups excluding carboxylic acids is 4. The quantitative estimate of drug-likeness (QED) is 0.0554. The van der Waals surface area contributed by atoms with E-state index in [0.29, 0.717) is 13.1 Å². The minimum absolute atomic E-state index is 0.153. The summed E-state index contributed by atoms with van der Waals surface area (Å²) in [6.07, 6.45) is 42.3. The van der Waals surface area contributed by atoms with Gasteiger partial charge >= 0.3 is 0 Å². The van der Waals surface area contributed by atoms with Crippen LogP contribution in [0.2, 0.25) is 0 Å². The molecule has 6 nitrogen and oxygen atoms in total. The lowest BCUT2D eigenvalue weighted by molar-refractivity contribution is -0.138. The number of amides is 4. The van der Waals surface area contributed by atoms with Gasteiger partial charge < -0.3 is 0 Å². The highest BCUT2D eigenvalue weighted by atomic mass is 16.2. The maximum Gasteiger partial charge on any atom is 0.253 e. The van der Waals surface area contributed by atoms with Crippen LogP contribution < -0.4 is 0 Å². The van der Waals surface area contributed by atoms with Gasteiger partial charge in [-0.2, -0.15) is 0 Å². The Hall–Kier alpha value is -2.24. The molecule has 6 heteroatoms. The molecule has 284 valence electrons. The van der Waals surface area contributed by atoms with Gasteiger partial charge in [0.25, 0.3) is 23.6 Å². The summed E-state index contributed by atoms with van der Waals surface area (Å²) in [5.74, 6) is 3.00. The van der Waals surface area contributed by atoms with Gasteiger partial charge in [0.05, 0.1) is 0 Å². The molecule has 0 spiro atoms. The van der Waals surface area contributed by atoms with Gasteiger partial charge in [-0.05, 0) is 62.2 Å². The number of nitrogens with zero attached hydrogens (tertiary/aromatic N) is 2. The Kier molecular flexibility index (Phi) is 21.7. The molecule has 4 amide bonds. The molecule has 0 saturated heterocycles. The van der Waals surface area contributed by atoms with Crippen LogP contribution in [-0.2, 0) is 19.2 Å². The van der Waals surface area contributed by atoms with Crippen molar-refractivity contribution in [3.63, 3.8) is 0 Å². The van der Waals surface area contributed by atoms with Crippen molar-refractivity contribution in [3.05, 3.63) is 24.3 Å². The molecule has 0 N–H and O–H groups in total. The van der Waals surface area contributed by atoms with Crippen molar-refractivity contribution in [1.82, 2.24) is 9.80 Å². The topological polar surface area (TPSA) is 74.8 Å². The summed E-state index contributed by atoms with van der Waals surface area (Å²) in [5, 5.41) is 0. The molecule has 0 aromatic carbocycles. The van der Waals surface area contributed by atoms with Crippen molar-refractivity contribution in [1.29, 1.82) is 0 Å². The van der Waals surface area contributed by atoms with E-state index < -0.39 is 0 Å². The fraction of sp³-hybridized carbons (Fsp3) is 0.818. The summed E-state index contributed by atoms with van der Waals surface area (Å²) in [6, 6.07) is 0. The third kappa shape index (κ3) is 15.6. The molecule has 0 aromatic heterocycles. The highest BCUT2D eigenvalue weighted by Crippen LogP contribution is 2.47. The number of rotatable bonds is 30. The summed E-state index contributed by atoms with van der Waals surface area (Å²) < 4.78 is 0. The minimum Gasteiger partial charge on any atom is -0.275 e. The maximum absolute atomic E-state index is 11.8. The van der Waals surface area contributed by atoms with Gasteiger partial charge in [-0.3, -0.25) is 29.0 Å². The van der Waals surface area contributed by atoms with Gasteiger partial charge in [-0.25, -0.2) is 0 Å². The average Bonchev–Trinajstić information content (AvgIpc) is 3.61. The predicted octanol–water partition coefficient (Wildman–Crippen LogP) is 11.3. The van der Waals surface area contributed by atoms with E-state index in [4.69, 9.17) is 0 Å². The van der Waals surface area contributed by atoms with Crippen LogP contribution in [0.5, 0.6) is 0 Å². The van der Waals surface area contributed by atoms with Crippen LogP contribution in [0.15, 0.2) is 24.3 Å². The number of carbonyl (C=O) groups is 4. The minimum atomic E-state index is -0.154. The van der Waals surface area contributed by atoms with Crippen molar-refractivity contribution in [2.45, 2.75) is 194 Å². The third-order valence-electron chi connectivity index (χ3n) is 12.2. The Morgan fingerprint density at radius 2 is 0.680 bits per heavy atom. The fourth-order valence-corrected chi connectivity index (χ4v) is 9.21. The number of imide groups is 2. The van der Waals surface area contributed by atoms with Crippen LogP contribution in [0.1, 0.15) is 194 Å². The maximum atomic E-state index is 11.8. The van der Waals surface area contributed by atoms with Gasteiger partial charge in [-0.15, -0.1) is 0 Å². The van der Waals surface area contributed by atoms with Gasteiger partial charge in [0.2, 0.25) is 0 Å². The molecule has 50 heavy (non-hydrogen) atoms. The number of hydrogen-bond acceptors (Lipinski definition) is 4. The van der Waals surface area contributed by atoms with Crippen molar-refractivity contribution in [2.75, 3.05) is 13.1 Å². The lowest BCUT2D eigenvalue weighted by Gasteiger charge is -2.44. The van der Waals surface area contributed by atoms with Crippen molar-refractivity contribution >= 4 is 23.6 Å². The molecule has 3 aliphatic rings. The normalized spacial score (nSPS) is 22.2. The van der Waals surface area contributed by atoms with Crippen LogP contribution in [0.25, 0.3) is 0 Å². The SMILES string of the molecule is CCCCCCCCC1CCC(CCCCCCCCN2C(=O)C=CC2=O)C(CCCCCCCCN2C(=O)C=CC2=O)C1CCCCCC. The average molecular weight is 695 g/mol. The van der Waals surface area contributed by atoms with Crippen molar-refractivity contribution < 1.29 is 19.2 Å². The van der Waals surface area contributed by atoms with E-state index in [1.807, 2.05) is 0 Å². The van der Waals surface area contributed by atoms with Crippen LogP contribution >= 0.6 is 0 Å². The molecule has 0 radical (unpaired) electrons. The highest BCUT2D eigenvalue weighted by molar-refractivity contribution is 6.13. The Bertz CT molecular complexity index is 1010. The van der Waals surface area contributed by atoms with Gasteiger partial charge in [-0.1, -0.05) is 155 Å². The molecule has 2 heterocycles. The van der Waals surface area contributed by atoms with Crippen molar-refractivity contribution in [2.24, 2.45) is 23.7 Å². The summed E-state index contributed by atoms with van der Waals surface area (Å²) in [7, 11) is 0. The molecule has 1 fully saturated rings. The highest BCUT2D eigenvalue weighted by Gasteiger charge is 2.37. The fourth-order valence-electron chi connectivity index (χ4n) is 9.21. The second-order valence-corrected chi connectivity index (χ2v) is 16.0. The Balaban J connectivity index is 1.45. The first kappa shape index (κ1) is 42.2. The molecule has 4 atom stereocenters. The molecular formula is C44H74N2O4. The molecule has 0 bridgehead atoms. The van der Waals surface area contributed by atoms with E-state index in [0.717, 1.165) is 49.4 Å². The second-order valence-electron chi connectivity index (χ2n) is 16.0. The lowest BCUT2D eigenvalue weighted by atomic mass is 9.61. The van der Waals surface area contributed by atoms with E-state index in [-0.39, 0.29) is 23.6 Å². The monoisotopic (exact) mass is 695 g/mol. The Labute approximate surface area is 306 Å². The molecule has 3 rings (SSSR count). The van der Waals surface area contributed by atoms with E-state index in [2.05, 4.69) is 13.8 Å². The summed E-state index contributed by atoms with van der Waals surface area (Å²) in [4.78, 5) is 50.0. The first-order valence-corrected chi connectivity index (χ1v) is 21.5. The first-order chi connectivity index (χ1) is 24.5. The van der Waals surface area contributed by atoms with E-state index in [9.17, 15) is 19.2 Å². The molecule has 1 saturated carbocycles. The smallest absolute Gasteiger partial charge is 0.253 e. The van der Waals surface area contributed by atoms with Crippen LogP contribution in [0, 0.1) is 23.7 Å². The Morgan fingerprint density at radius 3 is 1.04 bits per heavy atom. The molecule has 4 unspecified atom stereocenters. The van der Waals surface area contributed by atoms with E-state index in [1.54, 1.807) is 0 Å². The molecule has 0 aromatic rings.